The molecule has 0 saturated heterocycles. The third kappa shape index (κ3) is 2.40. The van der Waals surface area contributed by atoms with Gasteiger partial charge in [-0.25, -0.2) is 4.39 Å². The minimum Gasteiger partial charge on any atom is -0.360 e. The van der Waals surface area contributed by atoms with Crippen molar-refractivity contribution < 1.29 is 9.13 Å². The van der Waals surface area contributed by atoms with Gasteiger partial charge in [0.25, 0.3) is 0 Å². The zero-order chi connectivity index (χ0) is 15.4. The molecular formula is C17H17BrFNO. The zero-order valence-electron chi connectivity index (χ0n) is 12.5. The second-order valence-electron chi connectivity index (χ2n) is 6.37. The Balaban J connectivity index is 2.17. The Labute approximate surface area is 132 Å². The summed E-state index contributed by atoms with van der Waals surface area (Å²) in [5.74, 6) is -0.333. The molecule has 0 aliphatic carbocycles. The van der Waals surface area contributed by atoms with E-state index in [-0.39, 0.29) is 17.0 Å². The Kier molecular flexibility index (Phi) is 3.22. The fourth-order valence-corrected chi connectivity index (χ4v) is 3.39. The summed E-state index contributed by atoms with van der Waals surface area (Å²) in [5, 5.41) is 0. The standard InChI is InChI=1S/C17H17BrFNO/c1-16(2)12-6-5-10(7-13(12)17(3,4)21-16)15-14(19)8-11(18)9-20-15/h5-9H,1-4H3. The third-order valence-electron chi connectivity index (χ3n) is 3.91. The first kappa shape index (κ1) is 14.7. The van der Waals surface area contributed by atoms with Gasteiger partial charge in [-0.05, 0) is 66.9 Å². The minimum atomic E-state index is -0.388. The Morgan fingerprint density at radius 1 is 1.05 bits per heavy atom. The van der Waals surface area contributed by atoms with E-state index in [1.165, 1.54) is 6.07 Å². The maximum Gasteiger partial charge on any atom is 0.150 e. The maximum atomic E-state index is 14.1. The van der Waals surface area contributed by atoms with Crippen molar-refractivity contribution >= 4 is 15.9 Å². The van der Waals surface area contributed by atoms with E-state index in [2.05, 4.69) is 34.8 Å². The van der Waals surface area contributed by atoms with Crippen molar-refractivity contribution in [1.29, 1.82) is 0 Å². The highest BCUT2D eigenvalue weighted by atomic mass is 79.9. The van der Waals surface area contributed by atoms with Gasteiger partial charge in [0.2, 0.25) is 0 Å². The van der Waals surface area contributed by atoms with Gasteiger partial charge in [0, 0.05) is 16.2 Å². The van der Waals surface area contributed by atoms with Crippen LogP contribution in [0, 0.1) is 5.82 Å². The van der Waals surface area contributed by atoms with Crippen LogP contribution in [0.3, 0.4) is 0 Å². The highest BCUT2D eigenvalue weighted by Gasteiger charge is 2.42. The van der Waals surface area contributed by atoms with E-state index >= 15 is 0 Å². The molecule has 1 aromatic heterocycles. The molecule has 0 saturated carbocycles. The van der Waals surface area contributed by atoms with E-state index in [1.807, 2.05) is 32.0 Å². The van der Waals surface area contributed by atoms with Gasteiger partial charge in [0.1, 0.15) is 5.69 Å². The molecule has 1 aromatic carbocycles. The number of pyridine rings is 1. The Bertz CT molecular complexity index is 725. The van der Waals surface area contributed by atoms with Crippen LogP contribution in [0.25, 0.3) is 11.3 Å². The number of rotatable bonds is 1. The molecule has 0 spiro atoms. The molecule has 110 valence electrons. The average Bonchev–Trinajstić information content (AvgIpc) is 2.55. The molecular weight excluding hydrogens is 333 g/mol. The predicted octanol–water partition coefficient (Wildman–Crippen LogP) is 5.15. The molecule has 2 nitrogen and oxygen atoms in total. The second-order valence-corrected chi connectivity index (χ2v) is 7.28. The van der Waals surface area contributed by atoms with Crippen molar-refractivity contribution in [2.75, 3.05) is 0 Å². The van der Waals surface area contributed by atoms with Crippen molar-refractivity contribution in [3.63, 3.8) is 0 Å². The predicted molar refractivity (Wildman–Crippen MR) is 84.5 cm³/mol. The first-order chi connectivity index (χ1) is 9.71. The van der Waals surface area contributed by atoms with Crippen LogP contribution in [0.2, 0.25) is 0 Å². The normalized spacial score (nSPS) is 18.6. The molecule has 0 atom stereocenters. The van der Waals surface area contributed by atoms with Gasteiger partial charge in [-0.3, -0.25) is 4.98 Å². The molecule has 0 amide bonds. The van der Waals surface area contributed by atoms with Gasteiger partial charge in [-0.2, -0.15) is 0 Å². The largest absolute Gasteiger partial charge is 0.360 e. The molecule has 0 radical (unpaired) electrons. The van der Waals surface area contributed by atoms with Gasteiger partial charge in [-0.15, -0.1) is 0 Å². The van der Waals surface area contributed by atoms with E-state index in [4.69, 9.17) is 4.74 Å². The molecule has 0 unspecified atom stereocenters. The summed E-state index contributed by atoms with van der Waals surface area (Å²) >= 11 is 3.23. The summed E-state index contributed by atoms with van der Waals surface area (Å²) in [6.07, 6.45) is 1.61. The fraction of sp³-hybridized carbons (Fsp3) is 0.353. The maximum absolute atomic E-state index is 14.1. The average molecular weight is 350 g/mol. The van der Waals surface area contributed by atoms with Gasteiger partial charge in [0.15, 0.2) is 5.82 Å². The van der Waals surface area contributed by atoms with Crippen molar-refractivity contribution in [2.24, 2.45) is 0 Å². The lowest BCUT2D eigenvalue weighted by Crippen LogP contribution is -2.22. The monoisotopic (exact) mass is 349 g/mol. The molecule has 4 heteroatoms. The van der Waals surface area contributed by atoms with Crippen molar-refractivity contribution in [3.8, 4) is 11.3 Å². The van der Waals surface area contributed by atoms with Crippen LogP contribution in [0.15, 0.2) is 34.9 Å². The number of nitrogens with zero attached hydrogens (tertiary/aromatic N) is 1. The van der Waals surface area contributed by atoms with Crippen LogP contribution < -0.4 is 0 Å². The topological polar surface area (TPSA) is 22.1 Å². The van der Waals surface area contributed by atoms with E-state index in [9.17, 15) is 4.39 Å². The van der Waals surface area contributed by atoms with Gasteiger partial charge >= 0.3 is 0 Å². The summed E-state index contributed by atoms with van der Waals surface area (Å²) in [4.78, 5) is 4.19. The van der Waals surface area contributed by atoms with Crippen molar-refractivity contribution in [3.05, 3.63) is 51.9 Å². The van der Waals surface area contributed by atoms with Crippen molar-refractivity contribution in [2.45, 2.75) is 38.9 Å². The first-order valence-electron chi connectivity index (χ1n) is 6.87. The number of hydrogen-bond acceptors (Lipinski definition) is 2. The second kappa shape index (κ2) is 4.62. The highest BCUT2D eigenvalue weighted by molar-refractivity contribution is 9.10. The van der Waals surface area contributed by atoms with Gasteiger partial charge < -0.3 is 4.74 Å². The number of halogens is 2. The van der Waals surface area contributed by atoms with Crippen LogP contribution in [-0.2, 0) is 15.9 Å². The van der Waals surface area contributed by atoms with Gasteiger partial charge in [-0.1, -0.05) is 12.1 Å². The summed E-state index contributed by atoms with van der Waals surface area (Å²) in [6, 6.07) is 7.35. The number of ether oxygens (including phenoxy) is 1. The van der Waals surface area contributed by atoms with Crippen LogP contribution in [0.4, 0.5) is 4.39 Å². The summed E-state index contributed by atoms with van der Waals surface area (Å²) in [6.45, 7) is 8.18. The molecule has 1 aliphatic heterocycles. The summed E-state index contributed by atoms with van der Waals surface area (Å²) < 4.78 is 20.9. The van der Waals surface area contributed by atoms with E-state index in [0.29, 0.717) is 10.2 Å². The Morgan fingerprint density at radius 3 is 2.38 bits per heavy atom. The van der Waals surface area contributed by atoms with E-state index < -0.39 is 0 Å². The molecule has 1 aliphatic rings. The SMILES string of the molecule is CC1(C)OC(C)(C)c2cc(-c3ncc(Br)cc3F)ccc21. The van der Waals surface area contributed by atoms with Crippen LogP contribution in [0.5, 0.6) is 0 Å². The molecule has 0 N–H and O–H groups in total. The molecule has 2 heterocycles. The third-order valence-corrected chi connectivity index (χ3v) is 4.34. The number of hydrogen-bond donors (Lipinski definition) is 0. The molecule has 0 bridgehead atoms. The lowest BCUT2D eigenvalue weighted by atomic mass is 9.88. The van der Waals surface area contributed by atoms with Crippen molar-refractivity contribution in [1.82, 2.24) is 4.98 Å². The summed E-state index contributed by atoms with van der Waals surface area (Å²) in [5.41, 5.74) is 2.65. The molecule has 3 rings (SSSR count). The smallest absolute Gasteiger partial charge is 0.150 e. The lowest BCUT2D eigenvalue weighted by molar-refractivity contribution is -0.105. The first-order valence-corrected chi connectivity index (χ1v) is 7.67. The number of aromatic nitrogens is 1. The lowest BCUT2D eigenvalue weighted by Gasteiger charge is -2.24. The minimum absolute atomic E-state index is 0.330. The summed E-state index contributed by atoms with van der Waals surface area (Å²) in [7, 11) is 0. The number of fused-ring (bicyclic) bond motifs is 1. The quantitative estimate of drug-likeness (QED) is 0.710. The van der Waals surface area contributed by atoms with E-state index in [0.717, 1.165) is 16.7 Å². The molecule has 2 aromatic rings. The fourth-order valence-electron chi connectivity index (χ4n) is 3.09. The van der Waals surface area contributed by atoms with Crippen LogP contribution in [0.1, 0.15) is 38.8 Å². The van der Waals surface area contributed by atoms with Gasteiger partial charge in [0.05, 0.1) is 11.2 Å². The van der Waals surface area contributed by atoms with Crippen LogP contribution >= 0.6 is 15.9 Å². The van der Waals surface area contributed by atoms with Crippen LogP contribution in [-0.4, -0.2) is 4.98 Å². The number of benzene rings is 1. The zero-order valence-corrected chi connectivity index (χ0v) is 14.1. The molecule has 21 heavy (non-hydrogen) atoms. The molecule has 0 fully saturated rings. The highest BCUT2D eigenvalue weighted by Crippen LogP contribution is 2.47. The Morgan fingerprint density at radius 2 is 1.71 bits per heavy atom. The van der Waals surface area contributed by atoms with E-state index in [1.54, 1.807) is 6.20 Å². The Hall–Kier alpha value is -1.26.